The fourth-order valence-electron chi connectivity index (χ4n) is 2.34. The summed E-state index contributed by atoms with van der Waals surface area (Å²) in [5.41, 5.74) is 8.70. The third-order valence-corrected chi connectivity index (χ3v) is 4.93. The lowest BCUT2D eigenvalue weighted by Crippen LogP contribution is -2.16. The standard InChI is InChI=1S/C19H28N4O3S/c1-13-4-5-16(21-7-9-26-11-10-25-8-6-20)12-17(13)18(24)23-19-22-14(2)15(3)27-19/h4-5,12,21H,6-11,20H2,1-3H3,(H,22,23,24). The molecule has 0 aliphatic heterocycles. The van der Waals surface area contributed by atoms with Gasteiger partial charge in [-0.2, -0.15) is 0 Å². The van der Waals surface area contributed by atoms with Crippen molar-refractivity contribution < 1.29 is 14.3 Å². The van der Waals surface area contributed by atoms with Gasteiger partial charge in [0.1, 0.15) is 0 Å². The van der Waals surface area contributed by atoms with Gasteiger partial charge in [-0.3, -0.25) is 10.1 Å². The van der Waals surface area contributed by atoms with Crippen LogP contribution in [0.3, 0.4) is 0 Å². The first-order valence-corrected chi connectivity index (χ1v) is 9.78. The van der Waals surface area contributed by atoms with Crippen molar-refractivity contribution >= 4 is 28.1 Å². The summed E-state index contributed by atoms with van der Waals surface area (Å²) in [5.74, 6) is -0.154. The maximum Gasteiger partial charge on any atom is 0.257 e. The number of thiazole rings is 1. The van der Waals surface area contributed by atoms with Gasteiger partial charge in [0, 0.05) is 29.2 Å². The second kappa shape index (κ2) is 11.0. The molecule has 0 aliphatic carbocycles. The minimum atomic E-state index is -0.154. The van der Waals surface area contributed by atoms with Crippen molar-refractivity contribution in [3.05, 3.63) is 39.9 Å². The molecule has 7 nitrogen and oxygen atoms in total. The first-order chi connectivity index (χ1) is 13.0. The monoisotopic (exact) mass is 392 g/mol. The van der Waals surface area contributed by atoms with Crippen molar-refractivity contribution in [1.82, 2.24) is 4.98 Å². The molecule has 27 heavy (non-hydrogen) atoms. The molecule has 0 radical (unpaired) electrons. The highest BCUT2D eigenvalue weighted by Gasteiger charge is 2.13. The number of ether oxygens (including phenoxy) is 2. The lowest BCUT2D eigenvalue weighted by atomic mass is 10.1. The van der Waals surface area contributed by atoms with Crippen molar-refractivity contribution in [2.45, 2.75) is 20.8 Å². The van der Waals surface area contributed by atoms with Crippen LogP contribution in [0, 0.1) is 20.8 Å². The summed E-state index contributed by atoms with van der Waals surface area (Å²) in [5, 5.41) is 6.77. The summed E-state index contributed by atoms with van der Waals surface area (Å²) < 4.78 is 10.7. The zero-order valence-corrected chi connectivity index (χ0v) is 16.9. The minimum absolute atomic E-state index is 0.154. The number of benzene rings is 1. The molecular weight excluding hydrogens is 364 g/mol. The van der Waals surface area contributed by atoms with E-state index < -0.39 is 0 Å². The van der Waals surface area contributed by atoms with Crippen LogP contribution in [-0.2, 0) is 9.47 Å². The van der Waals surface area contributed by atoms with Crippen LogP contribution in [0.2, 0.25) is 0 Å². The van der Waals surface area contributed by atoms with E-state index in [4.69, 9.17) is 15.2 Å². The number of nitrogens with two attached hydrogens (primary N) is 1. The molecule has 8 heteroatoms. The van der Waals surface area contributed by atoms with Crippen LogP contribution in [0.1, 0.15) is 26.5 Å². The van der Waals surface area contributed by atoms with Crippen LogP contribution >= 0.6 is 11.3 Å². The van der Waals surface area contributed by atoms with Crippen LogP contribution in [0.15, 0.2) is 18.2 Å². The minimum Gasteiger partial charge on any atom is -0.383 e. The van der Waals surface area contributed by atoms with Crippen LogP contribution in [0.5, 0.6) is 0 Å². The van der Waals surface area contributed by atoms with Crippen LogP contribution in [0.25, 0.3) is 0 Å². The molecule has 0 bridgehead atoms. The SMILES string of the molecule is Cc1ccc(NCCOCCOCCN)cc1C(=O)Nc1nc(C)c(C)s1. The highest BCUT2D eigenvalue weighted by Crippen LogP contribution is 2.23. The molecule has 0 saturated carbocycles. The molecule has 1 heterocycles. The molecule has 1 aromatic carbocycles. The normalized spacial score (nSPS) is 10.8. The van der Waals surface area contributed by atoms with Crippen LogP contribution in [0.4, 0.5) is 10.8 Å². The fourth-order valence-corrected chi connectivity index (χ4v) is 3.15. The third kappa shape index (κ3) is 6.91. The number of rotatable bonds is 11. The second-order valence-corrected chi connectivity index (χ2v) is 7.29. The molecule has 4 N–H and O–H groups in total. The second-order valence-electron chi connectivity index (χ2n) is 6.08. The summed E-state index contributed by atoms with van der Waals surface area (Å²) in [6, 6.07) is 5.73. The molecule has 0 unspecified atom stereocenters. The average Bonchev–Trinajstić information content (AvgIpc) is 2.95. The lowest BCUT2D eigenvalue weighted by Gasteiger charge is -2.11. The number of nitrogens with one attached hydrogen (secondary N) is 2. The Balaban J connectivity index is 1.83. The topological polar surface area (TPSA) is 98.5 Å². The van der Waals surface area contributed by atoms with E-state index in [1.54, 1.807) is 0 Å². The fraction of sp³-hybridized carbons (Fsp3) is 0.474. The van der Waals surface area contributed by atoms with Gasteiger partial charge >= 0.3 is 0 Å². The molecule has 0 spiro atoms. The molecule has 0 saturated heterocycles. The van der Waals surface area contributed by atoms with Crippen molar-refractivity contribution in [3.8, 4) is 0 Å². The average molecular weight is 393 g/mol. The van der Waals surface area contributed by atoms with Gasteiger partial charge in [-0.25, -0.2) is 4.98 Å². The van der Waals surface area contributed by atoms with E-state index in [9.17, 15) is 4.79 Å². The van der Waals surface area contributed by atoms with Gasteiger partial charge in [0.2, 0.25) is 0 Å². The number of nitrogens with zero attached hydrogens (tertiary/aromatic N) is 1. The molecule has 2 aromatic rings. The van der Waals surface area contributed by atoms with Gasteiger partial charge in [0.15, 0.2) is 5.13 Å². The highest BCUT2D eigenvalue weighted by atomic mass is 32.1. The molecule has 0 aliphatic rings. The summed E-state index contributed by atoms with van der Waals surface area (Å²) in [6.45, 7) is 9.20. The number of carbonyl (C=O) groups is 1. The number of carbonyl (C=O) groups excluding carboxylic acids is 1. The Morgan fingerprint density at radius 1 is 1.15 bits per heavy atom. The van der Waals surface area contributed by atoms with Crippen molar-refractivity contribution in [1.29, 1.82) is 0 Å². The van der Waals surface area contributed by atoms with E-state index in [0.29, 0.717) is 50.2 Å². The van der Waals surface area contributed by atoms with Gasteiger partial charge in [0.25, 0.3) is 5.91 Å². The van der Waals surface area contributed by atoms with E-state index in [2.05, 4.69) is 15.6 Å². The maximum atomic E-state index is 12.6. The quantitative estimate of drug-likeness (QED) is 0.509. The molecular formula is C19H28N4O3S. The smallest absolute Gasteiger partial charge is 0.257 e. The number of aromatic nitrogens is 1. The first-order valence-electron chi connectivity index (χ1n) is 8.96. The molecule has 1 aromatic heterocycles. The summed E-state index contributed by atoms with van der Waals surface area (Å²) in [6.07, 6.45) is 0. The Morgan fingerprint density at radius 2 is 1.89 bits per heavy atom. The Bertz CT molecular complexity index is 729. The number of hydrogen-bond acceptors (Lipinski definition) is 7. The van der Waals surface area contributed by atoms with Gasteiger partial charge < -0.3 is 20.5 Å². The van der Waals surface area contributed by atoms with Crippen molar-refractivity contribution in [2.24, 2.45) is 5.73 Å². The Labute approximate surface area is 164 Å². The summed E-state index contributed by atoms with van der Waals surface area (Å²) in [4.78, 5) is 18.1. The maximum absolute atomic E-state index is 12.6. The Morgan fingerprint density at radius 3 is 2.56 bits per heavy atom. The highest BCUT2D eigenvalue weighted by molar-refractivity contribution is 7.15. The van der Waals surface area contributed by atoms with Crippen LogP contribution < -0.4 is 16.4 Å². The molecule has 148 valence electrons. The van der Waals surface area contributed by atoms with E-state index in [1.165, 1.54) is 11.3 Å². The Kier molecular flexibility index (Phi) is 8.66. The summed E-state index contributed by atoms with van der Waals surface area (Å²) >= 11 is 1.48. The lowest BCUT2D eigenvalue weighted by molar-refractivity contribution is 0.0548. The van der Waals surface area contributed by atoms with E-state index >= 15 is 0 Å². The molecule has 0 fully saturated rings. The van der Waals surface area contributed by atoms with Gasteiger partial charge in [-0.15, -0.1) is 11.3 Å². The molecule has 0 atom stereocenters. The van der Waals surface area contributed by atoms with Crippen molar-refractivity contribution in [2.75, 3.05) is 50.2 Å². The largest absolute Gasteiger partial charge is 0.383 e. The number of aryl methyl sites for hydroxylation is 3. The predicted molar refractivity (Wildman–Crippen MR) is 110 cm³/mol. The Hall–Kier alpha value is -2.00. The van der Waals surface area contributed by atoms with Crippen LogP contribution in [-0.4, -0.2) is 50.4 Å². The number of anilines is 2. The number of amides is 1. The van der Waals surface area contributed by atoms with E-state index in [1.807, 2.05) is 39.0 Å². The van der Waals surface area contributed by atoms with Gasteiger partial charge in [0.05, 0.1) is 32.1 Å². The molecule has 2 rings (SSSR count). The molecule has 1 amide bonds. The first kappa shape index (κ1) is 21.3. The van der Waals surface area contributed by atoms with Gasteiger partial charge in [-0.1, -0.05) is 6.07 Å². The van der Waals surface area contributed by atoms with E-state index in [0.717, 1.165) is 21.8 Å². The zero-order chi connectivity index (χ0) is 19.6. The predicted octanol–water partition coefficient (Wildman–Crippen LogP) is 2.72. The zero-order valence-electron chi connectivity index (χ0n) is 16.1. The van der Waals surface area contributed by atoms with Crippen molar-refractivity contribution in [3.63, 3.8) is 0 Å². The third-order valence-electron chi connectivity index (χ3n) is 3.94. The summed E-state index contributed by atoms with van der Waals surface area (Å²) in [7, 11) is 0. The van der Waals surface area contributed by atoms with Gasteiger partial charge in [-0.05, 0) is 38.5 Å². The van der Waals surface area contributed by atoms with E-state index in [-0.39, 0.29) is 5.91 Å². The number of hydrogen-bond donors (Lipinski definition) is 3.